The van der Waals surface area contributed by atoms with Gasteiger partial charge in [-0.05, 0) is 43.5 Å². The van der Waals surface area contributed by atoms with Crippen LogP contribution in [0.3, 0.4) is 0 Å². The van der Waals surface area contributed by atoms with Crippen LogP contribution in [0.4, 0.5) is 0 Å². The summed E-state index contributed by atoms with van der Waals surface area (Å²) >= 11 is 0. The van der Waals surface area contributed by atoms with E-state index in [0.29, 0.717) is 11.5 Å². The van der Waals surface area contributed by atoms with Gasteiger partial charge in [0.2, 0.25) is 0 Å². The number of hydrogen-bond acceptors (Lipinski definition) is 2. The van der Waals surface area contributed by atoms with Crippen molar-refractivity contribution in [3.05, 3.63) is 35.4 Å². The van der Waals surface area contributed by atoms with Gasteiger partial charge in [0, 0.05) is 24.2 Å². The topological polar surface area (TPSA) is 40.5 Å². The first-order valence-corrected chi connectivity index (χ1v) is 6.92. The van der Waals surface area contributed by atoms with E-state index in [2.05, 4.69) is 32.6 Å². The largest absolute Gasteiger partial charge is 0.384 e. The monoisotopic (exact) mass is 273 g/mol. The Kier molecular flexibility index (Phi) is 6.27. The molecule has 0 saturated heterocycles. The van der Waals surface area contributed by atoms with Crippen LogP contribution in [0.1, 0.15) is 43.1 Å². The average molecular weight is 273 g/mol. The number of carbonyl (C=O) groups is 1. The van der Waals surface area contributed by atoms with Crippen LogP contribution >= 0.6 is 0 Å². The first kappa shape index (κ1) is 16.3. The molecule has 20 heavy (non-hydrogen) atoms. The first-order valence-electron chi connectivity index (χ1n) is 6.92. The highest BCUT2D eigenvalue weighted by molar-refractivity contribution is 5.94. The van der Waals surface area contributed by atoms with E-state index in [-0.39, 0.29) is 18.6 Å². The molecule has 0 heterocycles. The van der Waals surface area contributed by atoms with Gasteiger partial charge >= 0.3 is 0 Å². The standard InChI is InChI=1S/C17H23NO2/c1-13(2)12-14(3)18(4)17(20)16-9-7-15(8-10-16)6-5-11-19/h7-10,13-14,19H,11-12H2,1-4H3. The van der Waals surface area contributed by atoms with Crippen LogP contribution in [0.25, 0.3) is 0 Å². The molecule has 0 bridgehead atoms. The van der Waals surface area contributed by atoms with E-state index in [1.807, 2.05) is 7.05 Å². The number of benzene rings is 1. The number of amides is 1. The minimum absolute atomic E-state index is 0.0276. The molecule has 108 valence electrons. The Labute approximate surface area is 121 Å². The van der Waals surface area contributed by atoms with Crippen molar-refractivity contribution >= 4 is 5.91 Å². The Morgan fingerprint density at radius 3 is 2.35 bits per heavy atom. The quantitative estimate of drug-likeness (QED) is 0.856. The van der Waals surface area contributed by atoms with E-state index < -0.39 is 0 Å². The van der Waals surface area contributed by atoms with Gasteiger partial charge in [0.1, 0.15) is 6.61 Å². The fraction of sp³-hybridized carbons (Fsp3) is 0.471. The lowest BCUT2D eigenvalue weighted by atomic mass is 10.0. The van der Waals surface area contributed by atoms with E-state index in [4.69, 9.17) is 5.11 Å². The fourth-order valence-electron chi connectivity index (χ4n) is 2.08. The Morgan fingerprint density at radius 2 is 1.85 bits per heavy atom. The van der Waals surface area contributed by atoms with Crippen molar-refractivity contribution in [1.29, 1.82) is 0 Å². The molecule has 1 rings (SSSR count). The fourth-order valence-corrected chi connectivity index (χ4v) is 2.08. The Hall–Kier alpha value is -1.79. The summed E-state index contributed by atoms with van der Waals surface area (Å²) in [5.74, 6) is 5.99. The summed E-state index contributed by atoms with van der Waals surface area (Å²) in [5.41, 5.74) is 1.46. The van der Waals surface area contributed by atoms with Gasteiger partial charge < -0.3 is 10.0 Å². The van der Waals surface area contributed by atoms with Gasteiger partial charge in [-0.3, -0.25) is 4.79 Å². The molecule has 1 amide bonds. The predicted octanol–water partition coefficient (Wildman–Crippen LogP) is 2.54. The molecule has 0 radical (unpaired) electrons. The highest BCUT2D eigenvalue weighted by Gasteiger charge is 2.18. The van der Waals surface area contributed by atoms with Crippen LogP contribution in [0.2, 0.25) is 0 Å². The summed E-state index contributed by atoms with van der Waals surface area (Å²) < 4.78 is 0. The van der Waals surface area contributed by atoms with E-state index in [0.717, 1.165) is 12.0 Å². The zero-order chi connectivity index (χ0) is 15.1. The summed E-state index contributed by atoms with van der Waals surface area (Å²) in [7, 11) is 1.84. The second kappa shape index (κ2) is 7.72. The molecule has 0 aliphatic heterocycles. The van der Waals surface area contributed by atoms with Crippen molar-refractivity contribution in [3.63, 3.8) is 0 Å². The van der Waals surface area contributed by atoms with Crippen molar-refractivity contribution in [2.24, 2.45) is 5.92 Å². The van der Waals surface area contributed by atoms with Crippen LogP contribution in [-0.4, -0.2) is 35.6 Å². The van der Waals surface area contributed by atoms with Crippen LogP contribution in [0.5, 0.6) is 0 Å². The van der Waals surface area contributed by atoms with Gasteiger partial charge in [-0.15, -0.1) is 0 Å². The van der Waals surface area contributed by atoms with E-state index in [1.165, 1.54) is 0 Å². The molecule has 1 unspecified atom stereocenters. The molecule has 1 aromatic rings. The molecule has 0 fully saturated rings. The molecule has 1 N–H and O–H groups in total. The zero-order valence-corrected chi connectivity index (χ0v) is 12.7. The maximum atomic E-state index is 12.3. The third kappa shape index (κ3) is 4.71. The smallest absolute Gasteiger partial charge is 0.253 e. The van der Waals surface area contributed by atoms with Crippen molar-refractivity contribution in [1.82, 2.24) is 4.90 Å². The first-order chi connectivity index (χ1) is 9.45. The van der Waals surface area contributed by atoms with Crippen molar-refractivity contribution in [2.45, 2.75) is 33.2 Å². The Morgan fingerprint density at radius 1 is 1.25 bits per heavy atom. The molecule has 0 saturated carbocycles. The number of nitrogens with zero attached hydrogens (tertiary/aromatic N) is 1. The molecule has 0 aliphatic rings. The molecule has 1 atom stereocenters. The second-order valence-electron chi connectivity index (χ2n) is 5.43. The van der Waals surface area contributed by atoms with Gasteiger partial charge in [-0.25, -0.2) is 0 Å². The van der Waals surface area contributed by atoms with Crippen LogP contribution in [0, 0.1) is 17.8 Å². The number of rotatable bonds is 4. The normalized spacial score (nSPS) is 11.7. The molecule has 0 spiro atoms. The molecular weight excluding hydrogens is 250 g/mol. The van der Waals surface area contributed by atoms with Crippen molar-refractivity contribution < 1.29 is 9.90 Å². The molecular formula is C17H23NO2. The molecule has 1 aromatic carbocycles. The number of aliphatic hydroxyl groups is 1. The average Bonchev–Trinajstić information content (AvgIpc) is 2.43. The molecule has 0 aromatic heterocycles. The summed E-state index contributed by atoms with van der Waals surface area (Å²) in [6.07, 6.45) is 0.988. The highest BCUT2D eigenvalue weighted by Crippen LogP contribution is 2.13. The van der Waals surface area contributed by atoms with Gasteiger partial charge in [-0.1, -0.05) is 25.7 Å². The number of aliphatic hydroxyl groups excluding tert-OH is 1. The molecule has 0 aliphatic carbocycles. The molecule has 3 heteroatoms. The summed E-state index contributed by atoms with van der Waals surface area (Å²) in [4.78, 5) is 14.1. The maximum Gasteiger partial charge on any atom is 0.253 e. The lowest BCUT2D eigenvalue weighted by Gasteiger charge is -2.26. The third-order valence-electron chi connectivity index (χ3n) is 3.24. The Balaban J connectivity index is 2.76. The summed E-state index contributed by atoms with van der Waals surface area (Å²) in [6, 6.07) is 7.38. The Bertz CT molecular complexity index is 494. The minimum Gasteiger partial charge on any atom is -0.384 e. The SMILES string of the molecule is CC(C)CC(C)N(C)C(=O)c1ccc(C#CCO)cc1. The van der Waals surface area contributed by atoms with Gasteiger partial charge in [0.15, 0.2) is 0 Å². The van der Waals surface area contributed by atoms with E-state index >= 15 is 0 Å². The zero-order valence-electron chi connectivity index (χ0n) is 12.7. The van der Waals surface area contributed by atoms with E-state index in [1.54, 1.807) is 29.2 Å². The van der Waals surface area contributed by atoms with Crippen LogP contribution in [-0.2, 0) is 0 Å². The number of carbonyl (C=O) groups excluding carboxylic acids is 1. The molecule has 3 nitrogen and oxygen atoms in total. The highest BCUT2D eigenvalue weighted by atomic mass is 16.2. The van der Waals surface area contributed by atoms with E-state index in [9.17, 15) is 4.79 Å². The summed E-state index contributed by atoms with van der Waals surface area (Å²) in [5, 5.41) is 8.64. The lowest BCUT2D eigenvalue weighted by molar-refractivity contribution is 0.0728. The summed E-state index contributed by atoms with van der Waals surface area (Å²) in [6.45, 7) is 6.22. The predicted molar refractivity (Wildman–Crippen MR) is 81.4 cm³/mol. The maximum absolute atomic E-state index is 12.3. The van der Waals surface area contributed by atoms with Crippen LogP contribution < -0.4 is 0 Å². The van der Waals surface area contributed by atoms with Gasteiger partial charge in [0.25, 0.3) is 5.91 Å². The van der Waals surface area contributed by atoms with Crippen molar-refractivity contribution in [3.8, 4) is 11.8 Å². The third-order valence-corrected chi connectivity index (χ3v) is 3.24. The van der Waals surface area contributed by atoms with Crippen LogP contribution in [0.15, 0.2) is 24.3 Å². The minimum atomic E-state index is -0.157. The van der Waals surface area contributed by atoms with Gasteiger partial charge in [0.05, 0.1) is 0 Å². The second-order valence-corrected chi connectivity index (χ2v) is 5.43. The van der Waals surface area contributed by atoms with Gasteiger partial charge in [-0.2, -0.15) is 0 Å². The lowest BCUT2D eigenvalue weighted by Crippen LogP contribution is -2.35. The number of hydrogen-bond donors (Lipinski definition) is 1. The van der Waals surface area contributed by atoms with Crippen molar-refractivity contribution in [2.75, 3.05) is 13.7 Å².